The molecule has 0 aliphatic heterocycles. The van der Waals surface area contributed by atoms with Crippen LogP contribution in [0.2, 0.25) is 10.0 Å². The van der Waals surface area contributed by atoms with Gasteiger partial charge in [0.05, 0.1) is 15.7 Å². The third-order valence-corrected chi connectivity index (χ3v) is 4.81. The summed E-state index contributed by atoms with van der Waals surface area (Å²) < 4.78 is 1.55. The molecule has 140 valence electrons. The van der Waals surface area contributed by atoms with Crippen LogP contribution in [0.3, 0.4) is 0 Å². The van der Waals surface area contributed by atoms with Gasteiger partial charge in [-0.05, 0) is 24.3 Å². The Kier molecular flexibility index (Phi) is 5.69. The molecule has 0 saturated heterocycles. The maximum absolute atomic E-state index is 12.5. The molecule has 3 aromatic rings. The van der Waals surface area contributed by atoms with E-state index in [4.69, 9.17) is 28.3 Å². The van der Waals surface area contributed by atoms with Gasteiger partial charge in [-0.2, -0.15) is 5.26 Å². The highest BCUT2D eigenvalue weighted by atomic mass is 35.5. The maximum atomic E-state index is 12.5. The van der Waals surface area contributed by atoms with Crippen molar-refractivity contribution in [1.82, 2.24) is 4.57 Å². The summed E-state index contributed by atoms with van der Waals surface area (Å²) in [5.41, 5.74) is 1.37. The molecule has 0 saturated carbocycles. The molecule has 0 fully saturated rings. The Morgan fingerprint density at radius 3 is 2.64 bits per heavy atom. The number of aliphatic carboxylic acids is 1. The molecule has 2 N–H and O–H groups in total. The number of hydrogen-bond acceptors (Lipinski definition) is 3. The Morgan fingerprint density at radius 1 is 1.18 bits per heavy atom. The SMILES string of the molecule is N#CC(=Cc1cn(CC(=O)O)c2ccccc12)C(=O)Nc1cccc(Cl)c1Cl. The van der Waals surface area contributed by atoms with Crippen LogP contribution >= 0.6 is 23.2 Å². The number of nitrogens with zero attached hydrogens (tertiary/aromatic N) is 2. The van der Waals surface area contributed by atoms with E-state index in [0.717, 1.165) is 5.39 Å². The van der Waals surface area contributed by atoms with Crippen molar-refractivity contribution < 1.29 is 14.7 Å². The number of carbonyl (C=O) groups excluding carboxylic acids is 1. The van der Waals surface area contributed by atoms with Crippen molar-refractivity contribution in [3.63, 3.8) is 0 Å². The number of nitrogens with one attached hydrogen (secondary N) is 1. The standard InChI is InChI=1S/C20H13Cl2N3O3/c21-15-5-3-6-16(19(15)22)24-20(28)12(9-23)8-13-10-25(11-18(26)27)17-7-2-1-4-14(13)17/h1-8,10H,11H2,(H,24,28)(H,26,27). The second-order valence-corrected chi connectivity index (χ2v) is 6.63. The average molecular weight is 414 g/mol. The van der Waals surface area contributed by atoms with Crippen LogP contribution in [0.1, 0.15) is 5.56 Å². The van der Waals surface area contributed by atoms with Crippen LogP contribution in [-0.2, 0) is 16.1 Å². The normalized spacial score (nSPS) is 11.2. The fourth-order valence-corrected chi connectivity index (χ4v) is 3.11. The molecule has 0 atom stereocenters. The Morgan fingerprint density at radius 2 is 1.93 bits per heavy atom. The van der Waals surface area contributed by atoms with E-state index in [9.17, 15) is 14.9 Å². The third-order valence-electron chi connectivity index (χ3n) is 3.99. The molecule has 28 heavy (non-hydrogen) atoms. The largest absolute Gasteiger partial charge is 0.480 e. The van der Waals surface area contributed by atoms with E-state index in [1.165, 1.54) is 6.08 Å². The molecule has 0 unspecified atom stereocenters. The Bertz CT molecular complexity index is 1160. The van der Waals surface area contributed by atoms with E-state index in [1.54, 1.807) is 53.2 Å². The van der Waals surface area contributed by atoms with Gasteiger partial charge in [-0.1, -0.05) is 47.5 Å². The first-order valence-corrected chi connectivity index (χ1v) is 8.83. The number of halogens is 2. The molecular weight excluding hydrogens is 401 g/mol. The lowest BCUT2D eigenvalue weighted by atomic mass is 10.1. The van der Waals surface area contributed by atoms with Gasteiger partial charge in [0.15, 0.2) is 0 Å². The number of anilines is 1. The van der Waals surface area contributed by atoms with Gasteiger partial charge in [0.1, 0.15) is 18.2 Å². The zero-order chi connectivity index (χ0) is 20.3. The van der Waals surface area contributed by atoms with Gasteiger partial charge in [-0.3, -0.25) is 9.59 Å². The quantitative estimate of drug-likeness (QED) is 0.472. The summed E-state index contributed by atoms with van der Waals surface area (Å²) >= 11 is 12.0. The number of fused-ring (bicyclic) bond motifs is 1. The second-order valence-electron chi connectivity index (χ2n) is 5.85. The van der Waals surface area contributed by atoms with Crippen LogP contribution in [0, 0.1) is 11.3 Å². The molecule has 1 amide bonds. The molecule has 1 aromatic heterocycles. The first-order chi connectivity index (χ1) is 13.4. The Hall–Kier alpha value is -3.27. The monoisotopic (exact) mass is 413 g/mol. The number of carboxylic acid groups (broad SMARTS) is 1. The summed E-state index contributed by atoms with van der Waals surface area (Å²) in [6.45, 7) is -0.236. The minimum Gasteiger partial charge on any atom is -0.480 e. The summed E-state index contributed by atoms with van der Waals surface area (Å²) in [5, 5.41) is 22.3. The van der Waals surface area contributed by atoms with Gasteiger partial charge < -0.3 is 15.0 Å². The predicted octanol–water partition coefficient (Wildman–Crippen LogP) is 4.58. The lowest BCUT2D eigenvalue weighted by Crippen LogP contribution is -2.13. The van der Waals surface area contributed by atoms with E-state index < -0.39 is 11.9 Å². The van der Waals surface area contributed by atoms with E-state index in [1.807, 2.05) is 6.07 Å². The number of carboxylic acids is 1. The van der Waals surface area contributed by atoms with E-state index >= 15 is 0 Å². The fourth-order valence-electron chi connectivity index (χ4n) is 2.76. The van der Waals surface area contributed by atoms with E-state index in [0.29, 0.717) is 11.1 Å². The van der Waals surface area contributed by atoms with Crippen molar-refractivity contribution in [2.24, 2.45) is 0 Å². The fraction of sp³-hybridized carbons (Fsp3) is 0.0500. The summed E-state index contributed by atoms with van der Waals surface area (Å²) in [7, 11) is 0. The topological polar surface area (TPSA) is 95.1 Å². The van der Waals surface area contributed by atoms with Crippen molar-refractivity contribution in [2.75, 3.05) is 5.32 Å². The van der Waals surface area contributed by atoms with E-state index in [-0.39, 0.29) is 27.9 Å². The Labute approximate surface area is 170 Å². The molecule has 0 spiro atoms. The smallest absolute Gasteiger partial charge is 0.323 e. The number of nitriles is 1. The van der Waals surface area contributed by atoms with Crippen molar-refractivity contribution in [1.29, 1.82) is 5.26 Å². The number of amides is 1. The number of aromatic nitrogens is 1. The first kappa shape index (κ1) is 19.5. The van der Waals surface area contributed by atoms with Crippen LogP contribution in [0.5, 0.6) is 0 Å². The summed E-state index contributed by atoms with van der Waals surface area (Å²) in [5.74, 6) is -1.65. The summed E-state index contributed by atoms with van der Waals surface area (Å²) in [4.78, 5) is 23.6. The van der Waals surface area contributed by atoms with Crippen molar-refractivity contribution in [3.8, 4) is 6.07 Å². The Balaban J connectivity index is 1.99. The first-order valence-electron chi connectivity index (χ1n) is 8.07. The van der Waals surface area contributed by atoms with Crippen LogP contribution in [0.4, 0.5) is 5.69 Å². The van der Waals surface area contributed by atoms with Crippen LogP contribution in [0.25, 0.3) is 17.0 Å². The van der Waals surface area contributed by atoms with Crippen LogP contribution in [-0.4, -0.2) is 21.6 Å². The highest BCUT2D eigenvalue weighted by Gasteiger charge is 2.15. The third kappa shape index (κ3) is 4.01. The second kappa shape index (κ2) is 8.17. The lowest BCUT2D eigenvalue weighted by Gasteiger charge is -2.07. The number of rotatable bonds is 5. The van der Waals surface area contributed by atoms with Crippen LogP contribution in [0.15, 0.2) is 54.2 Å². The van der Waals surface area contributed by atoms with Gasteiger partial charge in [0.2, 0.25) is 0 Å². The van der Waals surface area contributed by atoms with Gasteiger partial charge in [0, 0.05) is 22.7 Å². The molecule has 8 heteroatoms. The summed E-state index contributed by atoms with van der Waals surface area (Å²) in [6.07, 6.45) is 3.00. The zero-order valence-electron chi connectivity index (χ0n) is 14.3. The minimum atomic E-state index is -0.995. The van der Waals surface area contributed by atoms with E-state index in [2.05, 4.69) is 5.32 Å². The van der Waals surface area contributed by atoms with Crippen molar-refractivity contribution in [3.05, 3.63) is 69.8 Å². The summed E-state index contributed by atoms with van der Waals surface area (Å²) in [6, 6.07) is 13.8. The molecule has 3 rings (SSSR count). The van der Waals surface area contributed by atoms with Gasteiger partial charge in [-0.15, -0.1) is 0 Å². The number of hydrogen-bond donors (Lipinski definition) is 2. The molecule has 2 aromatic carbocycles. The average Bonchev–Trinajstić information content (AvgIpc) is 3.00. The van der Waals surface area contributed by atoms with Crippen molar-refractivity contribution in [2.45, 2.75) is 6.54 Å². The predicted molar refractivity (Wildman–Crippen MR) is 108 cm³/mol. The molecule has 0 aliphatic carbocycles. The number of benzene rings is 2. The zero-order valence-corrected chi connectivity index (χ0v) is 15.8. The number of carbonyl (C=O) groups is 2. The van der Waals surface area contributed by atoms with Gasteiger partial charge in [0.25, 0.3) is 5.91 Å². The molecule has 1 heterocycles. The molecule has 0 bridgehead atoms. The minimum absolute atomic E-state index is 0.158. The highest BCUT2D eigenvalue weighted by molar-refractivity contribution is 6.44. The molecular formula is C20H13Cl2N3O3. The van der Waals surface area contributed by atoms with Crippen LogP contribution < -0.4 is 5.32 Å². The van der Waals surface area contributed by atoms with Gasteiger partial charge >= 0.3 is 5.97 Å². The lowest BCUT2D eigenvalue weighted by molar-refractivity contribution is -0.137. The number of para-hydroxylation sites is 1. The highest BCUT2D eigenvalue weighted by Crippen LogP contribution is 2.30. The molecule has 0 radical (unpaired) electrons. The molecule has 0 aliphatic rings. The molecule has 6 nitrogen and oxygen atoms in total. The maximum Gasteiger partial charge on any atom is 0.323 e. The van der Waals surface area contributed by atoms with Crippen molar-refractivity contribution >= 4 is 57.7 Å². The van der Waals surface area contributed by atoms with Gasteiger partial charge in [-0.25, -0.2) is 0 Å².